The van der Waals surface area contributed by atoms with Gasteiger partial charge in [0.2, 0.25) is 11.8 Å². The number of halogens is 2. The molecule has 1 fully saturated rings. The number of methoxy groups -OCH3 is 2. The fourth-order valence-corrected chi connectivity index (χ4v) is 3.47. The highest BCUT2D eigenvalue weighted by atomic mass is 35.5. The van der Waals surface area contributed by atoms with Gasteiger partial charge in [-0.3, -0.25) is 9.59 Å². The lowest BCUT2D eigenvalue weighted by atomic mass is 10.1. The van der Waals surface area contributed by atoms with Crippen molar-refractivity contribution in [1.82, 2.24) is 5.32 Å². The van der Waals surface area contributed by atoms with E-state index in [9.17, 15) is 14.0 Å². The topological polar surface area (TPSA) is 67.9 Å². The van der Waals surface area contributed by atoms with E-state index < -0.39 is 11.7 Å². The minimum atomic E-state index is -0.550. The normalized spacial score (nSPS) is 16.1. The smallest absolute Gasteiger partial charge is 0.227 e. The number of carbonyl (C=O) groups excluding carboxylic acids is 2. The monoisotopic (exact) mass is 420 g/mol. The second kappa shape index (κ2) is 9.13. The molecule has 0 aliphatic carbocycles. The van der Waals surface area contributed by atoms with Gasteiger partial charge >= 0.3 is 0 Å². The van der Waals surface area contributed by atoms with Gasteiger partial charge in [-0.05, 0) is 42.3 Å². The van der Waals surface area contributed by atoms with Gasteiger partial charge in [0, 0.05) is 25.2 Å². The van der Waals surface area contributed by atoms with Crippen LogP contribution < -0.4 is 19.7 Å². The lowest BCUT2D eigenvalue weighted by Gasteiger charge is -2.17. The SMILES string of the molecule is COc1ccc(CCNC(=O)[C@H]2CC(=O)N(c3ccc(F)c(Cl)c3)C2)cc1OC. The summed E-state index contributed by atoms with van der Waals surface area (Å²) in [5.41, 5.74) is 1.48. The van der Waals surface area contributed by atoms with Crippen LogP contribution in [-0.4, -0.2) is 39.1 Å². The standard InChI is InChI=1S/C21H22ClFN2O4/c1-28-18-6-3-13(9-19(18)29-2)7-8-24-21(27)14-10-20(26)25(12-14)15-4-5-17(23)16(22)11-15/h3-6,9,11,14H,7-8,10,12H2,1-2H3,(H,24,27)/t14-/m0/s1. The molecule has 1 heterocycles. The van der Waals surface area contributed by atoms with Gasteiger partial charge in [-0.25, -0.2) is 4.39 Å². The number of anilines is 1. The predicted molar refractivity (Wildman–Crippen MR) is 108 cm³/mol. The first-order valence-electron chi connectivity index (χ1n) is 9.17. The molecule has 0 radical (unpaired) electrons. The fraction of sp³-hybridized carbons (Fsp3) is 0.333. The third-order valence-electron chi connectivity index (χ3n) is 4.87. The number of rotatable bonds is 7. The van der Waals surface area contributed by atoms with Crippen LogP contribution in [0.4, 0.5) is 10.1 Å². The highest BCUT2D eigenvalue weighted by Gasteiger charge is 2.35. The van der Waals surface area contributed by atoms with Crippen LogP contribution >= 0.6 is 11.6 Å². The van der Waals surface area contributed by atoms with Gasteiger partial charge in [-0.2, -0.15) is 0 Å². The summed E-state index contributed by atoms with van der Waals surface area (Å²) in [5.74, 6) is -0.109. The largest absolute Gasteiger partial charge is 0.493 e. The molecule has 0 bridgehead atoms. The Labute approximate surface area is 173 Å². The van der Waals surface area contributed by atoms with E-state index in [1.54, 1.807) is 14.2 Å². The van der Waals surface area contributed by atoms with E-state index in [-0.39, 0.29) is 29.8 Å². The van der Waals surface area contributed by atoms with E-state index in [1.165, 1.54) is 23.1 Å². The fourth-order valence-electron chi connectivity index (χ4n) is 3.30. The van der Waals surface area contributed by atoms with Crippen LogP contribution in [0.25, 0.3) is 0 Å². The van der Waals surface area contributed by atoms with Crippen molar-refractivity contribution in [3.8, 4) is 11.5 Å². The minimum absolute atomic E-state index is 0.0573. The van der Waals surface area contributed by atoms with Crippen molar-refractivity contribution in [2.24, 2.45) is 5.92 Å². The average molecular weight is 421 g/mol. The Morgan fingerprint density at radius 2 is 1.97 bits per heavy atom. The Balaban J connectivity index is 1.55. The number of nitrogens with zero attached hydrogens (tertiary/aromatic N) is 1. The van der Waals surface area contributed by atoms with Gasteiger partial charge in [0.25, 0.3) is 0 Å². The summed E-state index contributed by atoms with van der Waals surface area (Å²) < 4.78 is 23.8. The Morgan fingerprint density at radius 1 is 1.21 bits per heavy atom. The summed E-state index contributed by atoms with van der Waals surface area (Å²) >= 11 is 5.80. The molecule has 1 atom stereocenters. The Bertz CT molecular complexity index is 922. The molecule has 0 spiro atoms. The second-order valence-electron chi connectivity index (χ2n) is 6.73. The van der Waals surface area contributed by atoms with Crippen LogP contribution in [0.3, 0.4) is 0 Å². The molecule has 8 heteroatoms. The zero-order valence-electron chi connectivity index (χ0n) is 16.2. The highest BCUT2D eigenvalue weighted by molar-refractivity contribution is 6.31. The molecule has 0 aromatic heterocycles. The molecule has 1 aliphatic heterocycles. The summed E-state index contributed by atoms with van der Waals surface area (Å²) in [5, 5.41) is 2.82. The number of hydrogen-bond acceptors (Lipinski definition) is 4. The predicted octanol–water partition coefficient (Wildman–Crippen LogP) is 3.21. The number of nitrogens with one attached hydrogen (secondary N) is 1. The molecule has 29 heavy (non-hydrogen) atoms. The molecular formula is C21H22ClFN2O4. The Kier molecular flexibility index (Phi) is 6.59. The third kappa shape index (κ3) is 4.79. The van der Waals surface area contributed by atoms with Gasteiger partial charge in [-0.15, -0.1) is 0 Å². The number of carbonyl (C=O) groups is 2. The second-order valence-corrected chi connectivity index (χ2v) is 7.14. The highest BCUT2D eigenvalue weighted by Crippen LogP contribution is 2.29. The molecule has 154 valence electrons. The van der Waals surface area contributed by atoms with E-state index in [0.29, 0.717) is 30.2 Å². The molecule has 2 aromatic carbocycles. The van der Waals surface area contributed by atoms with Crippen molar-refractivity contribution in [3.63, 3.8) is 0 Å². The number of amides is 2. The van der Waals surface area contributed by atoms with Crippen molar-refractivity contribution in [1.29, 1.82) is 0 Å². The molecule has 6 nitrogen and oxygen atoms in total. The Hall–Kier alpha value is -2.80. The van der Waals surface area contributed by atoms with Crippen LogP contribution in [0.1, 0.15) is 12.0 Å². The first kappa shape index (κ1) is 20.9. The quantitative estimate of drug-likeness (QED) is 0.746. The van der Waals surface area contributed by atoms with E-state index in [0.717, 1.165) is 5.56 Å². The maximum Gasteiger partial charge on any atom is 0.227 e. The summed E-state index contributed by atoms with van der Waals surface area (Å²) in [6, 6.07) is 9.68. The van der Waals surface area contributed by atoms with Gasteiger partial charge in [0.1, 0.15) is 5.82 Å². The first-order chi connectivity index (χ1) is 13.9. The molecule has 1 N–H and O–H groups in total. The molecule has 1 aliphatic rings. The molecule has 0 saturated carbocycles. The van der Waals surface area contributed by atoms with Crippen molar-refractivity contribution in [2.45, 2.75) is 12.8 Å². The molecular weight excluding hydrogens is 399 g/mol. The molecule has 2 amide bonds. The number of ether oxygens (including phenoxy) is 2. The van der Waals surface area contributed by atoms with Crippen molar-refractivity contribution in [3.05, 3.63) is 52.8 Å². The van der Waals surface area contributed by atoms with Gasteiger partial charge < -0.3 is 19.7 Å². The van der Waals surface area contributed by atoms with Crippen molar-refractivity contribution >= 4 is 29.1 Å². The summed E-state index contributed by atoms with van der Waals surface area (Å²) in [6.07, 6.45) is 0.723. The van der Waals surface area contributed by atoms with Gasteiger partial charge in [-0.1, -0.05) is 17.7 Å². The summed E-state index contributed by atoms with van der Waals surface area (Å²) in [4.78, 5) is 26.2. The van der Waals surface area contributed by atoms with Crippen LogP contribution in [-0.2, 0) is 16.0 Å². The zero-order chi connectivity index (χ0) is 21.0. The summed E-state index contributed by atoms with van der Waals surface area (Å²) in [6.45, 7) is 0.671. The van der Waals surface area contributed by atoms with Crippen LogP contribution in [0.2, 0.25) is 5.02 Å². The minimum Gasteiger partial charge on any atom is -0.493 e. The average Bonchev–Trinajstić information content (AvgIpc) is 3.11. The number of benzene rings is 2. The molecule has 0 unspecified atom stereocenters. The third-order valence-corrected chi connectivity index (χ3v) is 5.16. The molecule has 2 aromatic rings. The van der Waals surface area contributed by atoms with E-state index in [4.69, 9.17) is 21.1 Å². The van der Waals surface area contributed by atoms with Gasteiger partial charge in [0.05, 0.1) is 25.2 Å². The lowest BCUT2D eigenvalue weighted by Crippen LogP contribution is -2.34. The maximum absolute atomic E-state index is 13.3. The van der Waals surface area contributed by atoms with E-state index in [2.05, 4.69) is 5.32 Å². The number of hydrogen-bond donors (Lipinski definition) is 1. The molecule has 3 rings (SSSR count). The first-order valence-corrected chi connectivity index (χ1v) is 9.54. The van der Waals surface area contributed by atoms with E-state index >= 15 is 0 Å². The van der Waals surface area contributed by atoms with Crippen molar-refractivity contribution < 1.29 is 23.5 Å². The van der Waals surface area contributed by atoms with Crippen LogP contribution in [0, 0.1) is 11.7 Å². The maximum atomic E-state index is 13.3. The Morgan fingerprint density at radius 3 is 2.66 bits per heavy atom. The van der Waals surface area contributed by atoms with Crippen LogP contribution in [0.15, 0.2) is 36.4 Å². The van der Waals surface area contributed by atoms with E-state index in [1.807, 2.05) is 18.2 Å². The lowest BCUT2D eigenvalue weighted by molar-refractivity contribution is -0.126. The van der Waals surface area contributed by atoms with Crippen molar-refractivity contribution in [2.75, 3.05) is 32.2 Å². The zero-order valence-corrected chi connectivity index (χ0v) is 17.0. The van der Waals surface area contributed by atoms with Gasteiger partial charge in [0.15, 0.2) is 11.5 Å². The molecule has 1 saturated heterocycles. The summed E-state index contributed by atoms with van der Waals surface area (Å²) in [7, 11) is 3.14. The van der Waals surface area contributed by atoms with Crippen LogP contribution in [0.5, 0.6) is 11.5 Å².